The van der Waals surface area contributed by atoms with Gasteiger partial charge in [0.25, 0.3) is 0 Å². The SMILES string of the molecule is C=C[SiH2]O[Si](C)(C)Cc1ccc(O)c(OC)c1. The van der Waals surface area contributed by atoms with Crippen LogP contribution in [0.4, 0.5) is 0 Å². The molecular formula is C12H20O3Si2. The van der Waals surface area contributed by atoms with Gasteiger partial charge in [-0.25, -0.2) is 0 Å². The van der Waals surface area contributed by atoms with E-state index >= 15 is 0 Å². The average molecular weight is 268 g/mol. The summed E-state index contributed by atoms with van der Waals surface area (Å²) in [4.78, 5) is 0. The van der Waals surface area contributed by atoms with Crippen LogP contribution in [-0.2, 0) is 10.2 Å². The maximum Gasteiger partial charge on any atom is 0.177 e. The summed E-state index contributed by atoms with van der Waals surface area (Å²) in [7, 11) is -0.683. The number of aromatic hydroxyl groups is 1. The molecule has 0 aromatic heterocycles. The topological polar surface area (TPSA) is 38.7 Å². The summed E-state index contributed by atoms with van der Waals surface area (Å²) < 4.78 is 11.0. The van der Waals surface area contributed by atoms with Gasteiger partial charge in [-0.2, -0.15) is 0 Å². The van der Waals surface area contributed by atoms with Crippen LogP contribution in [0.3, 0.4) is 0 Å². The number of ether oxygens (including phenoxy) is 1. The molecule has 0 heterocycles. The molecule has 0 saturated carbocycles. The summed E-state index contributed by atoms with van der Waals surface area (Å²) in [5, 5.41) is 9.52. The number of benzene rings is 1. The minimum absolute atomic E-state index is 0.178. The second kappa shape index (κ2) is 6.04. The predicted molar refractivity (Wildman–Crippen MR) is 75.7 cm³/mol. The van der Waals surface area contributed by atoms with Gasteiger partial charge in [0.15, 0.2) is 29.6 Å². The van der Waals surface area contributed by atoms with Crippen molar-refractivity contribution < 1.29 is 14.0 Å². The Morgan fingerprint density at radius 2 is 2.18 bits per heavy atom. The van der Waals surface area contributed by atoms with Gasteiger partial charge in [0.05, 0.1) is 7.11 Å². The van der Waals surface area contributed by atoms with E-state index in [9.17, 15) is 5.11 Å². The lowest BCUT2D eigenvalue weighted by molar-refractivity contribution is 0.373. The van der Waals surface area contributed by atoms with Crippen LogP contribution in [0.15, 0.2) is 30.5 Å². The van der Waals surface area contributed by atoms with Crippen molar-refractivity contribution in [1.82, 2.24) is 0 Å². The molecule has 5 heteroatoms. The standard InChI is InChI=1S/C12H20O3Si2/c1-5-16-15-17(3,4)9-10-6-7-11(13)12(8-10)14-2/h5-8,13H,1,9,16H2,2-4H3. The molecule has 3 nitrogen and oxygen atoms in total. The van der Waals surface area contributed by atoms with Crippen molar-refractivity contribution in [3.05, 3.63) is 36.0 Å². The molecule has 17 heavy (non-hydrogen) atoms. The van der Waals surface area contributed by atoms with Crippen LogP contribution in [0.5, 0.6) is 11.5 Å². The Morgan fingerprint density at radius 1 is 1.47 bits per heavy atom. The quantitative estimate of drug-likeness (QED) is 0.801. The Balaban J connectivity index is 2.77. The highest BCUT2D eigenvalue weighted by molar-refractivity contribution is 6.75. The van der Waals surface area contributed by atoms with Gasteiger partial charge in [-0.3, -0.25) is 0 Å². The fourth-order valence-corrected chi connectivity index (χ4v) is 5.55. The molecule has 0 aliphatic rings. The molecule has 0 saturated heterocycles. The number of rotatable bonds is 6. The van der Waals surface area contributed by atoms with Crippen molar-refractivity contribution in [1.29, 1.82) is 0 Å². The monoisotopic (exact) mass is 268 g/mol. The number of phenols is 1. The van der Waals surface area contributed by atoms with E-state index in [2.05, 4.69) is 19.7 Å². The lowest BCUT2D eigenvalue weighted by atomic mass is 10.2. The van der Waals surface area contributed by atoms with Gasteiger partial charge in [0.2, 0.25) is 0 Å². The molecule has 0 spiro atoms. The number of phenolic OH excluding ortho intramolecular Hbond substituents is 1. The first-order valence-corrected chi connectivity index (χ1v) is 10.1. The van der Waals surface area contributed by atoms with E-state index in [1.807, 2.05) is 17.8 Å². The first-order chi connectivity index (χ1) is 7.98. The molecule has 0 bridgehead atoms. The Bertz CT molecular complexity index is 391. The normalized spacial score (nSPS) is 11.9. The number of hydrogen-bond acceptors (Lipinski definition) is 3. The zero-order chi connectivity index (χ0) is 12.9. The van der Waals surface area contributed by atoms with E-state index in [-0.39, 0.29) is 5.75 Å². The van der Waals surface area contributed by atoms with Crippen LogP contribution in [0.2, 0.25) is 13.1 Å². The molecular weight excluding hydrogens is 248 g/mol. The van der Waals surface area contributed by atoms with Gasteiger partial charge >= 0.3 is 0 Å². The largest absolute Gasteiger partial charge is 0.504 e. The fourth-order valence-electron chi connectivity index (χ4n) is 1.66. The molecule has 0 radical (unpaired) electrons. The highest BCUT2D eigenvalue weighted by Crippen LogP contribution is 2.27. The van der Waals surface area contributed by atoms with Gasteiger partial charge in [0, 0.05) is 0 Å². The maximum atomic E-state index is 9.52. The molecule has 1 rings (SSSR count). The molecule has 0 atom stereocenters. The van der Waals surface area contributed by atoms with Crippen molar-refractivity contribution in [3.63, 3.8) is 0 Å². The third-order valence-electron chi connectivity index (χ3n) is 2.47. The van der Waals surface area contributed by atoms with Crippen molar-refractivity contribution in [2.24, 2.45) is 0 Å². The Morgan fingerprint density at radius 3 is 2.76 bits per heavy atom. The molecule has 1 N–H and O–H groups in total. The van der Waals surface area contributed by atoms with Crippen LogP contribution in [0.1, 0.15) is 5.56 Å². The lowest BCUT2D eigenvalue weighted by Crippen LogP contribution is -2.35. The van der Waals surface area contributed by atoms with E-state index < -0.39 is 18.1 Å². The van der Waals surface area contributed by atoms with Crippen molar-refractivity contribution >= 4 is 18.1 Å². The van der Waals surface area contributed by atoms with Crippen LogP contribution >= 0.6 is 0 Å². The van der Waals surface area contributed by atoms with Crippen molar-refractivity contribution in [2.75, 3.05) is 7.11 Å². The first-order valence-electron chi connectivity index (χ1n) is 5.59. The summed E-state index contributed by atoms with van der Waals surface area (Å²) >= 11 is 0. The van der Waals surface area contributed by atoms with Crippen LogP contribution in [-0.4, -0.2) is 30.3 Å². The predicted octanol–water partition coefficient (Wildman–Crippen LogP) is 1.93. The molecule has 1 aromatic rings. The molecule has 1 aromatic carbocycles. The number of hydrogen-bond donors (Lipinski definition) is 1. The van der Waals surface area contributed by atoms with Gasteiger partial charge in [-0.15, -0.1) is 6.58 Å². The minimum Gasteiger partial charge on any atom is -0.504 e. The van der Waals surface area contributed by atoms with Gasteiger partial charge in [-0.05, 0) is 36.8 Å². The molecule has 0 fully saturated rings. The van der Waals surface area contributed by atoms with Crippen LogP contribution < -0.4 is 4.74 Å². The molecule has 94 valence electrons. The molecule has 0 unspecified atom stereocenters. The Labute approximate surface area is 106 Å². The second-order valence-electron chi connectivity index (χ2n) is 4.54. The third kappa shape index (κ3) is 4.37. The molecule has 0 aliphatic heterocycles. The summed E-state index contributed by atoms with van der Waals surface area (Å²) in [5.74, 6) is 0.699. The van der Waals surface area contributed by atoms with E-state index in [0.29, 0.717) is 5.75 Å². The Kier molecular flexibility index (Phi) is 4.98. The van der Waals surface area contributed by atoms with Gasteiger partial charge in [0.1, 0.15) is 0 Å². The molecule has 0 amide bonds. The van der Waals surface area contributed by atoms with E-state index in [1.54, 1.807) is 13.2 Å². The highest BCUT2D eigenvalue weighted by Gasteiger charge is 2.22. The smallest absolute Gasteiger partial charge is 0.177 e. The van der Waals surface area contributed by atoms with E-state index in [4.69, 9.17) is 8.85 Å². The van der Waals surface area contributed by atoms with E-state index in [1.165, 1.54) is 0 Å². The fraction of sp³-hybridized carbons (Fsp3) is 0.333. The van der Waals surface area contributed by atoms with Crippen molar-refractivity contribution in [3.8, 4) is 11.5 Å². The second-order valence-corrected chi connectivity index (χ2v) is 10.5. The Hall–Kier alpha value is -1.05. The zero-order valence-electron chi connectivity index (χ0n) is 10.7. The summed E-state index contributed by atoms with van der Waals surface area (Å²) in [6.07, 6.45) is 0. The lowest BCUT2D eigenvalue weighted by Gasteiger charge is -2.23. The highest BCUT2D eigenvalue weighted by atomic mass is 28.4. The van der Waals surface area contributed by atoms with Crippen LogP contribution in [0.25, 0.3) is 0 Å². The summed E-state index contributed by atoms with van der Waals surface area (Å²) in [6.45, 7) is 8.11. The third-order valence-corrected chi connectivity index (χ3v) is 7.75. The van der Waals surface area contributed by atoms with E-state index in [0.717, 1.165) is 11.6 Å². The molecule has 0 aliphatic carbocycles. The van der Waals surface area contributed by atoms with Crippen molar-refractivity contribution in [2.45, 2.75) is 19.1 Å². The van der Waals surface area contributed by atoms with Gasteiger partial charge < -0.3 is 14.0 Å². The maximum absolute atomic E-state index is 9.52. The van der Waals surface area contributed by atoms with Gasteiger partial charge in [-0.1, -0.05) is 11.8 Å². The first kappa shape index (κ1) is 14.0. The minimum atomic E-state index is -1.66. The van der Waals surface area contributed by atoms with Crippen LogP contribution in [0, 0.1) is 0 Å². The number of methoxy groups -OCH3 is 1. The average Bonchev–Trinajstić information content (AvgIpc) is 2.29. The summed E-state index contributed by atoms with van der Waals surface area (Å²) in [5.41, 5.74) is 3.06. The zero-order valence-corrected chi connectivity index (χ0v) is 13.1. The summed E-state index contributed by atoms with van der Waals surface area (Å²) in [6, 6.07) is 6.39.